The minimum absolute atomic E-state index is 0.0543. The minimum atomic E-state index is -1.16. The molecule has 2 fully saturated rings. The van der Waals surface area contributed by atoms with Gasteiger partial charge in [-0.25, -0.2) is 4.79 Å². The Morgan fingerprint density at radius 3 is 2.81 bits per heavy atom. The Labute approximate surface area is 151 Å². The standard InChI is InChI=1S/C20H20N2O4/c23-16-11-17-15(10-13(16)20(24)25)22-9-3-4-12-5-6-14(19(26-17)18(12)22)21-7-1-2-8-21/h3-6,9-10,15,17-18H,1-2,7-8,11H2,(H,24,25). The Balaban J connectivity index is 1.60. The van der Waals surface area contributed by atoms with E-state index in [4.69, 9.17) is 4.74 Å². The van der Waals surface area contributed by atoms with Gasteiger partial charge in [0.05, 0.1) is 18.2 Å². The van der Waals surface area contributed by atoms with Crippen LogP contribution in [0.15, 0.2) is 59.2 Å². The highest BCUT2D eigenvalue weighted by molar-refractivity contribution is 6.17. The number of carbonyl (C=O) groups excluding carboxylic acids is 1. The fraction of sp³-hybridized carbons (Fsp3) is 0.400. The molecule has 6 heteroatoms. The lowest BCUT2D eigenvalue weighted by Gasteiger charge is -2.50. The number of hydrogen-bond acceptors (Lipinski definition) is 5. The molecular weight excluding hydrogens is 332 g/mol. The van der Waals surface area contributed by atoms with Gasteiger partial charge in [-0.2, -0.15) is 0 Å². The molecule has 2 aliphatic carbocycles. The van der Waals surface area contributed by atoms with Gasteiger partial charge >= 0.3 is 5.97 Å². The highest BCUT2D eigenvalue weighted by Gasteiger charge is 2.47. The SMILES string of the molecule is O=C(O)C1=CC2C(CC1=O)OC1=C(N3CCCC3)C=CC3=CC=CN2C31. The van der Waals surface area contributed by atoms with E-state index in [9.17, 15) is 14.7 Å². The number of ether oxygens (including phenoxy) is 1. The predicted molar refractivity (Wildman–Crippen MR) is 93.8 cm³/mol. The third-order valence-electron chi connectivity index (χ3n) is 5.80. The third-order valence-corrected chi connectivity index (χ3v) is 5.80. The van der Waals surface area contributed by atoms with Crippen LogP contribution in [0.1, 0.15) is 19.3 Å². The highest BCUT2D eigenvalue weighted by atomic mass is 16.5. The number of morpholine rings is 1. The maximum atomic E-state index is 12.2. The molecule has 3 unspecified atom stereocenters. The fourth-order valence-electron chi connectivity index (χ4n) is 4.58. The van der Waals surface area contributed by atoms with E-state index in [-0.39, 0.29) is 36.0 Å². The number of fused-ring (bicyclic) bond motifs is 2. The molecule has 6 nitrogen and oxygen atoms in total. The van der Waals surface area contributed by atoms with E-state index < -0.39 is 5.97 Å². The molecule has 0 saturated carbocycles. The van der Waals surface area contributed by atoms with Crippen molar-refractivity contribution in [1.82, 2.24) is 9.80 Å². The number of nitrogens with zero attached hydrogens (tertiary/aromatic N) is 2. The van der Waals surface area contributed by atoms with Crippen LogP contribution in [0.2, 0.25) is 0 Å². The van der Waals surface area contributed by atoms with Crippen molar-refractivity contribution in [1.29, 1.82) is 0 Å². The Bertz CT molecular complexity index is 842. The molecule has 0 aromatic heterocycles. The first-order chi connectivity index (χ1) is 12.6. The van der Waals surface area contributed by atoms with Gasteiger partial charge in [0, 0.05) is 19.3 Å². The lowest BCUT2D eigenvalue weighted by atomic mass is 9.84. The van der Waals surface area contributed by atoms with E-state index in [2.05, 4.69) is 28.0 Å². The molecule has 1 N–H and O–H groups in total. The van der Waals surface area contributed by atoms with Gasteiger partial charge < -0.3 is 19.6 Å². The van der Waals surface area contributed by atoms with Crippen LogP contribution in [0.25, 0.3) is 0 Å². The molecule has 0 aromatic rings. The molecule has 3 aliphatic heterocycles. The number of carbonyl (C=O) groups is 2. The predicted octanol–water partition coefficient (Wildman–Crippen LogP) is 1.74. The normalized spacial score (nSPS) is 32.0. The van der Waals surface area contributed by atoms with Gasteiger partial charge in [-0.15, -0.1) is 0 Å². The second-order valence-corrected chi connectivity index (χ2v) is 7.29. The zero-order valence-electron chi connectivity index (χ0n) is 14.3. The Morgan fingerprint density at radius 2 is 2.04 bits per heavy atom. The lowest BCUT2D eigenvalue weighted by molar-refractivity contribution is -0.136. The largest absolute Gasteiger partial charge is 0.487 e. The Morgan fingerprint density at radius 1 is 1.23 bits per heavy atom. The van der Waals surface area contributed by atoms with Crippen molar-refractivity contribution in [3.05, 3.63) is 59.2 Å². The maximum Gasteiger partial charge on any atom is 0.339 e. The molecule has 5 rings (SSSR count). The van der Waals surface area contributed by atoms with Crippen molar-refractivity contribution in [3.63, 3.8) is 0 Å². The third kappa shape index (κ3) is 2.18. The molecule has 3 atom stereocenters. The number of likely N-dealkylation sites (tertiary alicyclic amines) is 1. The highest BCUT2D eigenvalue weighted by Crippen LogP contribution is 2.42. The van der Waals surface area contributed by atoms with Gasteiger partial charge in [-0.3, -0.25) is 4.79 Å². The number of carboxylic acid groups (broad SMARTS) is 1. The van der Waals surface area contributed by atoms with Gasteiger partial charge in [-0.1, -0.05) is 12.2 Å². The summed E-state index contributed by atoms with van der Waals surface area (Å²) in [6, 6.07) is -0.305. The van der Waals surface area contributed by atoms with Crippen molar-refractivity contribution in [3.8, 4) is 0 Å². The van der Waals surface area contributed by atoms with Crippen LogP contribution in [-0.4, -0.2) is 57.9 Å². The smallest absolute Gasteiger partial charge is 0.339 e. The number of allylic oxidation sites excluding steroid dienone is 3. The van der Waals surface area contributed by atoms with Crippen molar-refractivity contribution in [2.75, 3.05) is 13.1 Å². The second-order valence-electron chi connectivity index (χ2n) is 7.29. The lowest BCUT2D eigenvalue weighted by Crippen LogP contribution is -2.57. The van der Waals surface area contributed by atoms with Crippen LogP contribution in [0, 0.1) is 0 Å². The molecule has 0 radical (unpaired) electrons. The summed E-state index contributed by atoms with van der Waals surface area (Å²) in [4.78, 5) is 28.2. The molecule has 5 aliphatic rings. The van der Waals surface area contributed by atoms with Gasteiger partial charge in [0.15, 0.2) is 5.78 Å². The van der Waals surface area contributed by atoms with Crippen molar-refractivity contribution >= 4 is 11.8 Å². The van der Waals surface area contributed by atoms with Crippen molar-refractivity contribution in [2.24, 2.45) is 0 Å². The summed E-state index contributed by atoms with van der Waals surface area (Å²) in [7, 11) is 0. The average Bonchev–Trinajstić information content (AvgIpc) is 3.16. The zero-order valence-corrected chi connectivity index (χ0v) is 14.3. The topological polar surface area (TPSA) is 70.1 Å². The number of aliphatic carboxylic acids is 1. The molecular formula is C20H20N2O4. The van der Waals surface area contributed by atoms with E-state index in [1.807, 2.05) is 12.3 Å². The van der Waals surface area contributed by atoms with Crippen LogP contribution in [0.3, 0.4) is 0 Å². The summed E-state index contributed by atoms with van der Waals surface area (Å²) in [5, 5.41) is 9.34. The van der Waals surface area contributed by atoms with Crippen LogP contribution >= 0.6 is 0 Å². The maximum absolute atomic E-state index is 12.2. The van der Waals surface area contributed by atoms with E-state index in [1.165, 1.54) is 12.8 Å². The molecule has 134 valence electrons. The average molecular weight is 352 g/mol. The zero-order chi connectivity index (χ0) is 17.8. The van der Waals surface area contributed by atoms with Crippen molar-refractivity contribution in [2.45, 2.75) is 37.5 Å². The molecule has 0 amide bonds. The van der Waals surface area contributed by atoms with Gasteiger partial charge in [0.1, 0.15) is 23.5 Å². The molecule has 0 aromatic carbocycles. The van der Waals surface area contributed by atoms with E-state index >= 15 is 0 Å². The van der Waals surface area contributed by atoms with Gasteiger partial charge in [0.25, 0.3) is 0 Å². The number of ketones is 1. The number of Topliss-reactive ketones (excluding diaryl/α,β-unsaturated/α-hetero) is 1. The monoisotopic (exact) mass is 352 g/mol. The quantitative estimate of drug-likeness (QED) is 0.764. The molecule has 0 spiro atoms. The number of rotatable bonds is 2. The first-order valence-electron chi connectivity index (χ1n) is 9.11. The summed E-state index contributed by atoms with van der Waals surface area (Å²) in [5.41, 5.74) is 2.10. The first-order valence-corrected chi connectivity index (χ1v) is 9.11. The van der Waals surface area contributed by atoms with Gasteiger partial charge in [-0.05, 0) is 36.6 Å². The van der Waals surface area contributed by atoms with Crippen LogP contribution in [0.5, 0.6) is 0 Å². The summed E-state index contributed by atoms with van der Waals surface area (Å²) < 4.78 is 6.37. The van der Waals surface area contributed by atoms with Crippen molar-refractivity contribution < 1.29 is 19.4 Å². The summed E-state index contributed by atoms with van der Waals surface area (Å²) in [6.45, 7) is 2.04. The molecule has 0 bridgehead atoms. The fourth-order valence-corrected chi connectivity index (χ4v) is 4.58. The summed E-state index contributed by atoms with van der Waals surface area (Å²) >= 11 is 0. The summed E-state index contributed by atoms with van der Waals surface area (Å²) in [5.74, 6) is -0.623. The number of carboxylic acids is 1. The number of hydrogen-bond donors (Lipinski definition) is 1. The van der Waals surface area contributed by atoms with Crippen LogP contribution in [0.4, 0.5) is 0 Å². The van der Waals surface area contributed by atoms with Crippen LogP contribution in [-0.2, 0) is 14.3 Å². The summed E-state index contributed by atoms with van der Waals surface area (Å²) in [6.07, 6.45) is 13.9. The molecule has 3 heterocycles. The van der Waals surface area contributed by atoms with Crippen LogP contribution < -0.4 is 0 Å². The first kappa shape index (κ1) is 15.5. The van der Waals surface area contributed by atoms with E-state index in [0.29, 0.717) is 0 Å². The Kier molecular flexibility index (Phi) is 3.35. The van der Waals surface area contributed by atoms with E-state index in [0.717, 1.165) is 30.1 Å². The minimum Gasteiger partial charge on any atom is -0.487 e. The second kappa shape index (κ2) is 5.62. The van der Waals surface area contributed by atoms with E-state index in [1.54, 1.807) is 6.08 Å². The van der Waals surface area contributed by atoms with Gasteiger partial charge in [0.2, 0.25) is 0 Å². The molecule has 26 heavy (non-hydrogen) atoms. The Hall–Kier alpha value is -2.76. The molecule has 2 saturated heterocycles.